The highest BCUT2D eigenvalue weighted by Gasteiger charge is 2.39. The molecule has 1 aliphatic rings. The summed E-state index contributed by atoms with van der Waals surface area (Å²) in [5.74, 6) is 1.41. The third-order valence-electron chi connectivity index (χ3n) is 8.00. The van der Waals surface area contributed by atoms with Crippen LogP contribution >= 0.6 is 0 Å². The number of methoxy groups -OCH3 is 3. The zero-order valence-electron chi connectivity index (χ0n) is 24.4. The average molecular weight is 555 g/mol. The van der Waals surface area contributed by atoms with E-state index in [4.69, 9.17) is 19.2 Å². The lowest BCUT2D eigenvalue weighted by Gasteiger charge is -2.33. The minimum atomic E-state index is -0.0941. The van der Waals surface area contributed by atoms with E-state index < -0.39 is 0 Å². The number of anilines is 1. The predicted molar refractivity (Wildman–Crippen MR) is 163 cm³/mol. The lowest BCUT2D eigenvalue weighted by molar-refractivity contribution is 0.155. The van der Waals surface area contributed by atoms with Gasteiger partial charge < -0.3 is 19.1 Å². The predicted octanol–water partition coefficient (Wildman–Crippen LogP) is 5.52. The number of benzene rings is 3. The molecule has 4 aromatic rings. The molecule has 1 fully saturated rings. The Morgan fingerprint density at radius 1 is 0.902 bits per heavy atom. The van der Waals surface area contributed by atoms with Crippen LogP contribution in [-0.4, -0.2) is 88.5 Å². The summed E-state index contributed by atoms with van der Waals surface area (Å²) in [5, 5.41) is 0.855. The fourth-order valence-electron chi connectivity index (χ4n) is 5.72. The van der Waals surface area contributed by atoms with Gasteiger partial charge in [0.25, 0.3) is 0 Å². The Morgan fingerprint density at radius 2 is 1.56 bits per heavy atom. The average Bonchev–Trinajstić information content (AvgIpc) is 3.46. The first-order chi connectivity index (χ1) is 19.9. The van der Waals surface area contributed by atoms with Gasteiger partial charge in [0.15, 0.2) is 11.5 Å². The summed E-state index contributed by atoms with van der Waals surface area (Å²) in [6.45, 7) is 3.13. The van der Waals surface area contributed by atoms with E-state index in [1.807, 2.05) is 73.6 Å². The maximum Gasteiger partial charge on any atom is 0.324 e. The number of carbonyl (C=O) groups excluding carboxylic acids is 1. The van der Waals surface area contributed by atoms with Crippen LogP contribution in [0.1, 0.15) is 11.5 Å². The third-order valence-corrected chi connectivity index (χ3v) is 8.00. The van der Waals surface area contributed by atoms with Gasteiger partial charge in [-0.05, 0) is 17.7 Å². The Kier molecular flexibility index (Phi) is 8.71. The molecule has 2 atom stereocenters. The van der Waals surface area contributed by atoms with Gasteiger partial charge in [0.2, 0.25) is 0 Å². The molecule has 1 aromatic heterocycles. The molecule has 41 heavy (non-hydrogen) atoms. The van der Waals surface area contributed by atoms with Gasteiger partial charge in [0.05, 0.1) is 43.8 Å². The first kappa shape index (κ1) is 28.4. The summed E-state index contributed by atoms with van der Waals surface area (Å²) in [4.78, 5) is 25.2. The molecule has 1 saturated heterocycles. The number of fused-ring (bicyclic) bond motifs is 1. The molecule has 1 aliphatic heterocycles. The SMILES string of the molecule is COCCN1C[C@@H](N(C)C(=O)N(C)c2cc3cc(OC)c(OC)cc3nc2-c2ccccc2)[C@H](c2ccccc2)C1. The maximum atomic E-state index is 14.2. The number of pyridine rings is 1. The monoisotopic (exact) mass is 554 g/mol. The number of hydrogen-bond acceptors (Lipinski definition) is 6. The number of likely N-dealkylation sites (N-methyl/N-ethyl adjacent to an activating group) is 1. The molecule has 0 bridgehead atoms. The Labute approximate surface area is 242 Å². The second-order valence-electron chi connectivity index (χ2n) is 10.4. The topological polar surface area (TPSA) is 67.4 Å². The second kappa shape index (κ2) is 12.6. The molecule has 214 valence electrons. The lowest BCUT2D eigenvalue weighted by atomic mass is 9.93. The smallest absolute Gasteiger partial charge is 0.324 e. The zero-order chi connectivity index (χ0) is 28.9. The van der Waals surface area contributed by atoms with Crippen LogP contribution in [0.15, 0.2) is 78.9 Å². The number of aromatic nitrogens is 1. The fourth-order valence-corrected chi connectivity index (χ4v) is 5.72. The van der Waals surface area contributed by atoms with Crippen LogP contribution in [0.2, 0.25) is 0 Å². The number of urea groups is 1. The van der Waals surface area contributed by atoms with Crippen molar-refractivity contribution in [1.29, 1.82) is 0 Å². The van der Waals surface area contributed by atoms with Gasteiger partial charge in [-0.2, -0.15) is 0 Å². The number of amides is 2. The quantitative estimate of drug-likeness (QED) is 0.271. The van der Waals surface area contributed by atoms with E-state index in [2.05, 4.69) is 29.2 Å². The summed E-state index contributed by atoms with van der Waals surface area (Å²) < 4.78 is 16.4. The van der Waals surface area contributed by atoms with Crippen molar-refractivity contribution in [3.8, 4) is 22.8 Å². The van der Waals surface area contributed by atoms with Crippen molar-refractivity contribution in [2.75, 3.05) is 66.6 Å². The summed E-state index contributed by atoms with van der Waals surface area (Å²) in [6.07, 6.45) is 0. The highest BCUT2D eigenvalue weighted by atomic mass is 16.5. The molecule has 8 nitrogen and oxygen atoms in total. The van der Waals surface area contributed by atoms with Crippen LogP contribution in [0.3, 0.4) is 0 Å². The van der Waals surface area contributed by atoms with Gasteiger partial charge in [0.1, 0.15) is 0 Å². The van der Waals surface area contributed by atoms with Crippen molar-refractivity contribution in [1.82, 2.24) is 14.8 Å². The van der Waals surface area contributed by atoms with Crippen LogP contribution < -0.4 is 14.4 Å². The number of likely N-dealkylation sites (tertiary alicyclic amines) is 1. The van der Waals surface area contributed by atoms with Crippen LogP contribution in [0.5, 0.6) is 11.5 Å². The van der Waals surface area contributed by atoms with Crippen molar-refractivity contribution in [3.63, 3.8) is 0 Å². The molecule has 0 unspecified atom stereocenters. The van der Waals surface area contributed by atoms with Crippen molar-refractivity contribution in [2.24, 2.45) is 0 Å². The van der Waals surface area contributed by atoms with Crippen LogP contribution in [0.25, 0.3) is 22.2 Å². The number of ether oxygens (including phenoxy) is 3. The van der Waals surface area contributed by atoms with E-state index in [0.717, 1.165) is 47.5 Å². The van der Waals surface area contributed by atoms with Gasteiger partial charge in [-0.1, -0.05) is 60.7 Å². The highest BCUT2D eigenvalue weighted by Crippen LogP contribution is 2.38. The number of hydrogen-bond donors (Lipinski definition) is 0. The molecule has 3 aromatic carbocycles. The number of rotatable bonds is 9. The first-order valence-corrected chi connectivity index (χ1v) is 13.8. The Balaban J connectivity index is 1.53. The summed E-state index contributed by atoms with van der Waals surface area (Å²) in [7, 11) is 8.68. The van der Waals surface area contributed by atoms with Crippen molar-refractivity contribution in [2.45, 2.75) is 12.0 Å². The van der Waals surface area contributed by atoms with E-state index in [9.17, 15) is 4.79 Å². The van der Waals surface area contributed by atoms with E-state index in [1.165, 1.54) is 5.56 Å². The van der Waals surface area contributed by atoms with Gasteiger partial charge in [-0.3, -0.25) is 9.80 Å². The van der Waals surface area contributed by atoms with Gasteiger partial charge in [0, 0.05) is 63.8 Å². The Morgan fingerprint density at radius 3 is 2.22 bits per heavy atom. The minimum absolute atomic E-state index is 0.00199. The molecule has 8 heteroatoms. The molecule has 0 saturated carbocycles. The van der Waals surface area contributed by atoms with Crippen LogP contribution in [0, 0.1) is 0 Å². The van der Waals surface area contributed by atoms with E-state index in [1.54, 1.807) is 26.2 Å². The number of nitrogens with zero attached hydrogens (tertiary/aromatic N) is 4. The Bertz CT molecular complexity index is 1480. The van der Waals surface area contributed by atoms with Gasteiger partial charge in [-0.15, -0.1) is 0 Å². The molecular weight excluding hydrogens is 516 g/mol. The summed E-state index contributed by atoms with van der Waals surface area (Å²) >= 11 is 0. The van der Waals surface area contributed by atoms with E-state index >= 15 is 0 Å². The van der Waals surface area contributed by atoms with Crippen molar-refractivity contribution < 1.29 is 19.0 Å². The van der Waals surface area contributed by atoms with Crippen molar-refractivity contribution in [3.05, 3.63) is 84.4 Å². The maximum absolute atomic E-state index is 14.2. The molecular formula is C33H38N4O4. The normalized spacial score (nSPS) is 17.0. The molecule has 0 N–H and O–H groups in total. The molecule has 0 radical (unpaired) electrons. The minimum Gasteiger partial charge on any atom is -0.493 e. The molecule has 5 rings (SSSR count). The summed E-state index contributed by atoms with van der Waals surface area (Å²) in [5.41, 5.74) is 4.36. The Hall–Kier alpha value is -4.14. The molecule has 0 spiro atoms. The van der Waals surface area contributed by atoms with E-state index in [-0.39, 0.29) is 18.0 Å². The molecule has 2 heterocycles. The van der Waals surface area contributed by atoms with Crippen molar-refractivity contribution >= 4 is 22.6 Å². The zero-order valence-corrected chi connectivity index (χ0v) is 24.4. The number of carbonyl (C=O) groups is 1. The second-order valence-corrected chi connectivity index (χ2v) is 10.4. The third kappa shape index (κ3) is 5.85. The first-order valence-electron chi connectivity index (χ1n) is 13.8. The molecule has 2 amide bonds. The standard InChI is InChI=1S/C33H38N4O4/c1-35(33(38)36(2)29-22-37(16-17-39-3)21-26(29)23-12-8-6-9-13-23)28-18-25-19-30(40-4)31(41-5)20-27(25)34-32(28)24-14-10-7-11-15-24/h6-15,18-20,26,29H,16-17,21-22H2,1-5H3/t26-,29+/m0/s1. The van der Waals surface area contributed by atoms with Crippen LogP contribution in [-0.2, 0) is 4.74 Å². The largest absolute Gasteiger partial charge is 0.493 e. The molecule has 0 aliphatic carbocycles. The van der Waals surface area contributed by atoms with Gasteiger partial charge in [-0.25, -0.2) is 9.78 Å². The van der Waals surface area contributed by atoms with Crippen LogP contribution in [0.4, 0.5) is 10.5 Å². The van der Waals surface area contributed by atoms with E-state index in [0.29, 0.717) is 18.1 Å². The van der Waals surface area contributed by atoms with Gasteiger partial charge >= 0.3 is 6.03 Å². The fraction of sp³-hybridized carbons (Fsp3) is 0.333. The summed E-state index contributed by atoms with van der Waals surface area (Å²) in [6, 6.07) is 26.1. The lowest BCUT2D eigenvalue weighted by Crippen LogP contribution is -2.47. The highest BCUT2D eigenvalue weighted by molar-refractivity contribution is 5.99.